The number of hydrogen-bond acceptors (Lipinski definition) is 4. The number of carbonyl (C=O) groups is 1. The first-order valence-electron chi connectivity index (χ1n) is 9.18. The Balaban J connectivity index is 1.69. The van der Waals surface area contributed by atoms with Crippen molar-refractivity contribution in [3.05, 3.63) is 75.3 Å². The van der Waals surface area contributed by atoms with E-state index in [1.54, 1.807) is 0 Å². The molecule has 3 aromatic carbocycles. The molecule has 0 unspecified atom stereocenters. The van der Waals surface area contributed by atoms with Gasteiger partial charge in [-0.05, 0) is 61.4 Å². The molecule has 1 aromatic heterocycles. The van der Waals surface area contributed by atoms with Gasteiger partial charge in [0, 0.05) is 16.3 Å². The minimum atomic E-state index is -0.385. The zero-order valence-corrected chi connectivity index (χ0v) is 18.1. The number of hydrogen-bond donors (Lipinski definition) is 1. The second-order valence-electron chi connectivity index (χ2n) is 6.94. The predicted molar refractivity (Wildman–Crippen MR) is 120 cm³/mol. The topological polar surface area (TPSA) is 64.4 Å². The Hall–Kier alpha value is -3.02. The number of rotatable bonds is 4. The monoisotopic (exact) mass is 440 g/mol. The Morgan fingerprint density at radius 1 is 1.07 bits per heavy atom. The molecule has 7 heteroatoms. The normalized spacial score (nSPS) is 11.0. The van der Waals surface area contributed by atoms with Crippen LogP contribution in [0.25, 0.3) is 22.6 Å². The summed E-state index contributed by atoms with van der Waals surface area (Å²) < 4.78 is 11.2. The van der Waals surface area contributed by atoms with E-state index >= 15 is 0 Å². The van der Waals surface area contributed by atoms with Gasteiger partial charge in [-0.15, -0.1) is 0 Å². The molecule has 0 bridgehead atoms. The van der Waals surface area contributed by atoms with Gasteiger partial charge in [0.05, 0.1) is 17.7 Å². The van der Waals surface area contributed by atoms with Crippen molar-refractivity contribution < 1.29 is 13.9 Å². The van der Waals surface area contributed by atoms with Crippen molar-refractivity contribution in [1.29, 1.82) is 0 Å². The Kier molecular flexibility index (Phi) is 5.41. The first-order chi connectivity index (χ1) is 14.4. The molecule has 0 fully saturated rings. The molecule has 0 atom stereocenters. The fourth-order valence-electron chi connectivity index (χ4n) is 3.18. The Bertz CT molecular complexity index is 1280. The average molecular weight is 441 g/mol. The molecule has 0 aliphatic rings. The number of halogens is 2. The van der Waals surface area contributed by atoms with E-state index < -0.39 is 0 Å². The van der Waals surface area contributed by atoms with E-state index in [9.17, 15) is 4.79 Å². The maximum Gasteiger partial charge on any atom is 0.259 e. The number of anilines is 1. The quantitative estimate of drug-likeness (QED) is 0.384. The third kappa shape index (κ3) is 3.86. The van der Waals surface area contributed by atoms with Crippen LogP contribution in [-0.2, 0) is 0 Å². The van der Waals surface area contributed by atoms with E-state index in [1.165, 1.54) is 19.2 Å². The fourth-order valence-corrected chi connectivity index (χ4v) is 3.75. The van der Waals surface area contributed by atoms with Crippen LogP contribution in [0.5, 0.6) is 5.75 Å². The second kappa shape index (κ2) is 8.01. The van der Waals surface area contributed by atoms with Gasteiger partial charge in [0.25, 0.3) is 5.91 Å². The summed E-state index contributed by atoms with van der Waals surface area (Å²) in [6.07, 6.45) is 0. The summed E-state index contributed by atoms with van der Waals surface area (Å²) >= 11 is 12.2. The van der Waals surface area contributed by atoms with Gasteiger partial charge in [0.15, 0.2) is 5.58 Å². The Labute approximate surface area is 183 Å². The number of carbonyl (C=O) groups excluding carboxylic acids is 1. The van der Waals surface area contributed by atoms with E-state index in [-0.39, 0.29) is 22.2 Å². The molecule has 0 radical (unpaired) electrons. The molecule has 4 aromatic rings. The number of amides is 1. The maximum absolute atomic E-state index is 12.9. The van der Waals surface area contributed by atoms with Crippen molar-refractivity contribution >= 4 is 45.9 Å². The molecule has 5 nitrogen and oxygen atoms in total. The minimum Gasteiger partial charge on any atom is -0.494 e. The van der Waals surface area contributed by atoms with E-state index in [4.69, 9.17) is 32.4 Å². The van der Waals surface area contributed by atoms with Crippen molar-refractivity contribution in [2.45, 2.75) is 13.8 Å². The predicted octanol–water partition coefficient (Wildman–Crippen LogP) is 6.68. The van der Waals surface area contributed by atoms with Crippen molar-refractivity contribution in [2.75, 3.05) is 12.4 Å². The zero-order chi connectivity index (χ0) is 21.4. The number of oxazole rings is 1. The van der Waals surface area contributed by atoms with Crippen LogP contribution in [0.2, 0.25) is 10.0 Å². The lowest BCUT2D eigenvalue weighted by atomic mass is 10.1. The molecule has 4 rings (SSSR count). The van der Waals surface area contributed by atoms with Gasteiger partial charge >= 0.3 is 0 Å². The molecule has 0 aliphatic carbocycles. The van der Waals surface area contributed by atoms with Crippen LogP contribution in [0.15, 0.2) is 52.9 Å². The van der Waals surface area contributed by atoms with E-state index in [0.29, 0.717) is 22.2 Å². The van der Waals surface area contributed by atoms with Gasteiger partial charge in [-0.25, -0.2) is 4.98 Å². The highest BCUT2D eigenvalue weighted by atomic mass is 35.5. The molecule has 0 saturated heterocycles. The maximum atomic E-state index is 12.9. The van der Waals surface area contributed by atoms with E-state index in [0.717, 1.165) is 22.2 Å². The van der Waals surface area contributed by atoms with Gasteiger partial charge < -0.3 is 14.5 Å². The van der Waals surface area contributed by atoms with Crippen LogP contribution in [0.1, 0.15) is 21.5 Å². The van der Waals surface area contributed by atoms with Crippen molar-refractivity contribution in [2.24, 2.45) is 0 Å². The summed E-state index contributed by atoms with van der Waals surface area (Å²) in [7, 11) is 1.45. The lowest BCUT2D eigenvalue weighted by Crippen LogP contribution is -2.14. The molecule has 0 aliphatic heterocycles. The summed E-state index contributed by atoms with van der Waals surface area (Å²) in [5.74, 6) is 0.362. The lowest BCUT2D eigenvalue weighted by Gasteiger charge is -2.13. The zero-order valence-electron chi connectivity index (χ0n) is 16.5. The largest absolute Gasteiger partial charge is 0.494 e. The van der Waals surface area contributed by atoms with Gasteiger partial charge in [0.2, 0.25) is 5.89 Å². The van der Waals surface area contributed by atoms with Gasteiger partial charge in [-0.2, -0.15) is 0 Å². The third-order valence-corrected chi connectivity index (χ3v) is 5.23. The standard InChI is InChI=1S/C23H18Cl2N2O3/c1-12-4-7-20-19(8-12)27-23(30-20)14-6-5-13(2)18(9-14)26-22(28)16-10-15(24)11-17(25)21(16)29-3/h4-11H,1-3H3,(H,26,28). The van der Waals surface area contributed by atoms with Crippen LogP contribution >= 0.6 is 23.2 Å². The highest BCUT2D eigenvalue weighted by molar-refractivity contribution is 6.36. The Morgan fingerprint density at radius 2 is 1.87 bits per heavy atom. The van der Waals surface area contributed by atoms with Gasteiger partial charge in [-0.3, -0.25) is 4.79 Å². The number of nitrogens with zero attached hydrogens (tertiary/aromatic N) is 1. The third-order valence-electron chi connectivity index (χ3n) is 4.73. The van der Waals surface area contributed by atoms with Crippen molar-refractivity contribution in [3.8, 4) is 17.2 Å². The van der Waals surface area contributed by atoms with Gasteiger partial charge in [0.1, 0.15) is 11.3 Å². The lowest BCUT2D eigenvalue weighted by molar-refractivity contribution is 0.102. The van der Waals surface area contributed by atoms with E-state index in [1.807, 2.05) is 50.2 Å². The molecular formula is C23H18Cl2N2O3. The molecule has 1 heterocycles. The molecule has 1 amide bonds. The summed E-state index contributed by atoms with van der Waals surface area (Å²) in [5.41, 5.74) is 5.10. The first-order valence-corrected chi connectivity index (χ1v) is 9.94. The molecule has 152 valence electrons. The summed E-state index contributed by atoms with van der Waals surface area (Å²) in [6, 6.07) is 14.5. The molecule has 0 saturated carbocycles. The van der Waals surface area contributed by atoms with E-state index in [2.05, 4.69) is 10.3 Å². The fraction of sp³-hybridized carbons (Fsp3) is 0.130. The minimum absolute atomic E-state index is 0.247. The van der Waals surface area contributed by atoms with Crippen molar-refractivity contribution in [1.82, 2.24) is 4.98 Å². The Morgan fingerprint density at radius 3 is 2.63 bits per heavy atom. The average Bonchev–Trinajstić information content (AvgIpc) is 3.12. The van der Waals surface area contributed by atoms with Crippen molar-refractivity contribution in [3.63, 3.8) is 0 Å². The SMILES string of the molecule is COc1c(Cl)cc(Cl)cc1C(=O)Nc1cc(-c2nc3cc(C)ccc3o2)ccc1C. The van der Waals surface area contributed by atoms with Gasteiger partial charge in [-0.1, -0.05) is 35.3 Å². The number of fused-ring (bicyclic) bond motifs is 1. The second-order valence-corrected chi connectivity index (χ2v) is 7.79. The molecular weight excluding hydrogens is 423 g/mol. The summed E-state index contributed by atoms with van der Waals surface area (Å²) in [4.78, 5) is 17.5. The molecule has 1 N–H and O–H groups in total. The number of benzene rings is 3. The number of aryl methyl sites for hydroxylation is 2. The van der Waals surface area contributed by atoms with Crippen LogP contribution in [0.4, 0.5) is 5.69 Å². The van der Waals surface area contributed by atoms with Crippen LogP contribution in [-0.4, -0.2) is 18.0 Å². The van der Waals surface area contributed by atoms with Crippen LogP contribution in [0, 0.1) is 13.8 Å². The highest BCUT2D eigenvalue weighted by Gasteiger charge is 2.18. The first kappa shape index (κ1) is 20.3. The number of methoxy groups -OCH3 is 1. The molecule has 30 heavy (non-hydrogen) atoms. The molecule has 0 spiro atoms. The summed E-state index contributed by atoms with van der Waals surface area (Å²) in [5, 5.41) is 3.51. The van der Waals surface area contributed by atoms with Crippen LogP contribution < -0.4 is 10.1 Å². The number of ether oxygens (including phenoxy) is 1. The highest BCUT2D eigenvalue weighted by Crippen LogP contribution is 2.33. The van der Waals surface area contributed by atoms with Crippen LogP contribution in [0.3, 0.4) is 0 Å². The smallest absolute Gasteiger partial charge is 0.259 e. The number of nitrogens with one attached hydrogen (secondary N) is 1. The summed E-state index contributed by atoms with van der Waals surface area (Å²) in [6.45, 7) is 3.90. The number of aromatic nitrogens is 1.